The number of nitrogens with zero attached hydrogens (tertiary/aromatic N) is 2. The molecule has 0 aliphatic carbocycles. The lowest BCUT2D eigenvalue weighted by Crippen LogP contribution is -2.33. The van der Waals surface area contributed by atoms with Crippen LogP contribution in [0, 0.1) is 0 Å². The van der Waals surface area contributed by atoms with Gasteiger partial charge in [-0.2, -0.15) is 0 Å². The Morgan fingerprint density at radius 2 is 2.19 bits per heavy atom. The predicted octanol–water partition coefficient (Wildman–Crippen LogP) is 1.89. The zero-order valence-electron chi connectivity index (χ0n) is 8.97. The third kappa shape index (κ3) is 3.55. The highest BCUT2D eigenvalue weighted by molar-refractivity contribution is 6.29. The number of carbonyl (C=O) groups is 1. The molecule has 1 aromatic carbocycles. The van der Waals surface area contributed by atoms with Crippen LogP contribution in [0.25, 0.3) is 0 Å². The molecule has 86 valence electrons. The molecule has 0 aromatic heterocycles. The summed E-state index contributed by atoms with van der Waals surface area (Å²) in [6, 6.07) is 9.28. The van der Waals surface area contributed by atoms with Crippen LogP contribution in [-0.4, -0.2) is 31.7 Å². The molecule has 0 aliphatic rings. The van der Waals surface area contributed by atoms with E-state index in [0.717, 1.165) is 5.69 Å². The van der Waals surface area contributed by atoms with Crippen molar-refractivity contribution in [1.29, 1.82) is 0 Å². The van der Waals surface area contributed by atoms with Gasteiger partial charge >= 0.3 is 0 Å². The minimum atomic E-state index is -0.171. The molecule has 0 fully saturated rings. The molecule has 5 heteroatoms. The number of benzene rings is 1. The maximum atomic E-state index is 11.6. The molecule has 1 amide bonds. The van der Waals surface area contributed by atoms with Crippen molar-refractivity contribution in [2.45, 2.75) is 0 Å². The zero-order valence-corrected chi connectivity index (χ0v) is 9.72. The van der Waals surface area contributed by atoms with Gasteiger partial charge in [-0.25, -0.2) is 0 Å². The van der Waals surface area contributed by atoms with E-state index in [-0.39, 0.29) is 11.8 Å². The minimum Gasteiger partial charge on any atom is -0.399 e. The lowest BCUT2D eigenvalue weighted by molar-refractivity contribution is -0.116. The maximum absolute atomic E-state index is 11.6. The summed E-state index contributed by atoms with van der Waals surface area (Å²) in [4.78, 5) is 17.7. The first-order chi connectivity index (χ1) is 7.79. The molecule has 0 bridgehead atoms. The first-order valence-corrected chi connectivity index (χ1v) is 5.29. The van der Waals surface area contributed by atoms with Crippen molar-refractivity contribution in [3.8, 4) is 0 Å². The van der Waals surface area contributed by atoms with E-state index in [0.29, 0.717) is 6.54 Å². The van der Waals surface area contributed by atoms with Gasteiger partial charge in [-0.05, 0) is 12.1 Å². The second-order valence-corrected chi connectivity index (χ2v) is 3.21. The van der Waals surface area contributed by atoms with Crippen LogP contribution in [0.3, 0.4) is 0 Å². The molecule has 4 nitrogen and oxygen atoms in total. The fraction of sp³-hybridized carbons (Fsp3) is 0.273. The van der Waals surface area contributed by atoms with Crippen molar-refractivity contribution in [3.05, 3.63) is 30.3 Å². The maximum Gasteiger partial charge on any atom is 0.242 e. The highest BCUT2D eigenvalue weighted by Crippen LogP contribution is 2.12. The van der Waals surface area contributed by atoms with Crippen molar-refractivity contribution in [2.24, 2.45) is 5.16 Å². The zero-order chi connectivity index (χ0) is 11.8. The third-order valence-electron chi connectivity index (χ3n) is 1.93. The van der Waals surface area contributed by atoms with Gasteiger partial charge in [0.15, 0.2) is 0 Å². The summed E-state index contributed by atoms with van der Waals surface area (Å²) in [7, 11) is 1.45. The van der Waals surface area contributed by atoms with E-state index in [9.17, 15) is 4.79 Å². The van der Waals surface area contributed by atoms with Crippen molar-refractivity contribution in [2.75, 3.05) is 24.4 Å². The Bertz CT molecular complexity index is 354. The molecular formula is C11H13ClN2O2. The van der Waals surface area contributed by atoms with Crippen LogP contribution < -0.4 is 4.90 Å². The summed E-state index contributed by atoms with van der Waals surface area (Å²) in [5.41, 5.74) is 0.788. The van der Waals surface area contributed by atoms with E-state index >= 15 is 0 Å². The number of hydrogen-bond donors (Lipinski definition) is 0. The molecule has 0 unspecified atom stereocenters. The lowest BCUT2D eigenvalue weighted by Gasteiger charge is -2.19. The number of alkyl halides is 1. The van der Waals surface area contributed by atoms with Crippen LogP contribution in [0.1, 0.15) is 0 Å². The van der Waals surface area contributed by atoms with Gasteiger partial charge in [0.2, 0.25) is 5.91 Å². The van der Waals surface area contributed by atoms with Crippen LogP contribution in [-0.2, 0) is 9.63 Å². The summed E-state index contributed by atoms with van der Waals surface area (Å²) in [5.74, 6) is -0.231. The number of rotatable bonds is 5. The van der Waals surface area contributed by atoms with Crippen molar-refractivity contribution >= 4 is 29.4 Å². The van der Waals surface area contributed by atoms with Gasteiger partial charge in [0.05, 0.1) is 12.8 Å². The Labute approximate surface area is 99.4 Å². The number of amides is 1. The van der Waals surface area contributed by atoms with E-state index in [1.165, 1.54) is 18.2 Å². The lowest BCUT2D eigenvalue weighted by atomic mass is 10.3. The highest BCUT2D eigenvalue weighted by Gasteiger charge is 2.12. The van der Waals surface area contributed by atoms with Crippen LogP contribution in [0.15, 0.2) is 35.5 Å². The van der Waals surface area contributed by atoms with E-state index < -0.39 is 0 Å². The number of hydrogen-bond acceptors (Lipinski definition) is 3. The number of anilines is 1. The summed E-state index contributed by atoms with van der Waals surface area (Å²) >= 11 is 5.54. The Hall–Kier alpha value is -1.55. The molecule has 0 N–H and O–H groups in total. The van der Waals surface area contributed by atoms with E-state index in [1.807, 2.05) is 30.3 Å². The molecule has 0 saturated heterocycles. The number of oxime groups is 1. The molecule has 0 atom stereocenters. The van der Waals surface area contributed by atoms with Gasteiger partial charge < -0.3 is 9.74 Å². The largest absolute Gasteiger partial charge is 0.399 e. The average Bonchev–Trinajstić information content (AvgIpc) is 2.35. The SMILES string of the molecule is CON=CCN(C(=O)CCl)c1ccccc1. The van der Waals surface area contributed by atoms with Crippen molar-refractivity contribution < 1.29 is 9.63 Å². The van der Waals surface area contributed by atoms with Gasteiger partial charge in [0.1, 0.15) is 13.0 Å². The van der Waals surface area contributed by atoms with Crippen LogP contribution in [0.4, 0.5) is 5.69 Å². The Kier molecular flexibility index (Phi) is 5.36. The van der Waals surface area contributed by atoms with Crippen LogP contribution in [0.2, 0.25) is 0 Å². The summed E-state index contributed by atoms with van der Waals surface area (Å²) in [5, 5.41) is 3.59. The van der Waals surface area contributed by atoms with Gasteiger partial charge in [0, 0.05) is 5.69 Å². The number of carbonyl (C=O) groups excluding carboxylic acids is 1. The first-order valence-electron chi connectivity index (χ1n) is 4.76. The second kappa shape index (κ2) is 6.85. The molecule has 16 heavy (non-hydrogen) atoms. The number of halogens is 1. The molecule has 0 spiro atoms. The van der Waals surface area contributed by atoms with E-state index in [4.69, 9.17) is 11.6 Å². The number of para-hydroxylation sites is 1. The van der Waals surface area contributed by atoms with Crippen molar-refractivity contribution in [1.82, 2.24) is 0 Å². The van der Waals surface area contributed by atoms with Crippen LogP contribution in [0.5, 0.6) is 0 Å². The molecule has 0 radical (unpaired) electrons. The molecule has 0 aliphatic heterocycles. The Morgan fingerprint density at radius 1 is 1.50 bits per heavy atom. The minimum absolute atomic E-state index is 0.0598. The topological polar surface area (TPSA) is 41.9 Å². The standard InChI is InChI=1S/C11H13ClN2O2/c1-16-13-7-8-14(11(15)9-12)10-5-3-2-4-6-10/h2-7H,8-9H2,1H3. The average molecular weight is 241 g/mol. The second-order valence-electron chi connectivity index (χ2n) is 2.94. The molecule has 0 heterocycles. The molecule has 1 rings (SSSR count). The van der Waals surface area contributed by atoms with Crippen LogP contribution >= 0.6 is 11.6 Å². The summed E-state index contributed by atoms with van der Waals surface area (Å²) < 4.78 is 0. The van der Waals surface area contributed by atoms with Gasteiger partial charge in [0.25, 0.3) is 0 Å². The van der Waals surface area contributed by atoms with Gasteiger partial charge in [-0.1, -0.05) is 23.4 Å². The smallest absolute Gasteiger partial charge is 0.242 e. The quantitative estimate of drug-likeness (QED) is 0.448. The fourth-order valence-corrected chi connectivity index (χ4v) is 1.37. The molecule has 1 aromatic rings. The highest BCUT2D eigenvalue weighted by atomic mass is 35.5. The van der Waals surface area contributed by atoms with Gasteiger partial charge in [-0.15, -0.1) is 11.6 Å². The van der Waals surface area contributed by atoms with Crippen molar-refractivity contribution in [3.63, 3.8) is 0 Å². The summed E-state index contributed by atoms with van der Waals surface area (Å²) in [6.07, 6.45) is 1.51. The fourth-order valence-electron chi connectivity index (χ4n) is 1.22. The third-order valence-corrected chi connectivity index (χ3v) is 2.16. The monoisotopic (exact) mass is 240 g/mol. The Morgan fingerprint density at radius 3 is 2.75 bits per heavy atom. The van der Waals surface area contributed by atoms with Gasteiger partial charge in [-0.3, -0.25) is 4.79 Å². The molecule has 0 saturated carbocycles. The predicted molar refractivity (Wildman–Crippen MR) is 65.0 cm³/mol. The normalized spacial score (nSPS) is 10.4. The van der Waals surface area contributed by atoms with E-state index in [1.54, 1.807) is 0 Å². The molecular weight excluding hydrogens is 228 g/mol. The Balaban J connectivity index is 2.79. The first kappa shape index (κ1) is 12.5. The van der Waals surface area contributed by atoms with E-state index in [2.05, 4.69) is 9.99 Å². The summed E-state index contributed by atoms with van der Waals surface area (Å²) in [6.45, 7) is 0.337.